The highest BCUT2D eigenvalue weighted by molar-refractivity contribution is 6.04. The first-order valence-electron chi connectivity index (χ1n) is 10.8. The van der Waals surface area contributed by atoms with E-state index in [2.05, 4.69) is 17.4 Å². The van der Waals surface area contributed by atoms with Crippen molar-refractivity contribution >= 4 is 11.6 Å². The number of rotatable bonds is 8. The molecule has 0 saturated carbocycles. The van der Waals surface area contributed by atoms with E-state index in [9.17, 15) is 18.0 Å². The largest absolute Gasteiger partial charge is 0.418 e. The number of benzene rings is 2. The number of hydrogen-bond acceptors (Lipinski definition) is 2. The Kier molecular flexibility index (Phi) is 7.59. The van der Waals surface area contributed by atoms with E-state index in [0.29, 0.717) is 11.3 Å². The lowest BCUT2D eigenvalue weighted by atomic mass is 10.1. The van der Waals surface area contributed by atoms with Gasteiger partial charge in [-0.05, 0) is 68.5 Å². The van der Waals surface area contributed by atoms with Crippen LogP contribution in [0.15, 0.2) is 60.7 Å². The number of carbonyl (C=O) groups excluding carboxylic acids is 1. The van der Waals surface area contributed by atoms with Crippen molar-refractivity contribution < 1.29 is 18.0 Å². The third-order valence-corrected chi connectivity index (χ3v) is 5.41. The van der Waals surface area contributed by atoms with Gasteiger partial charge in [-0.1, -0.05) is 36.4 Å². The molecule has 4 nitrogen and oxygen atoms in total. The molecule has 0 aliphatic carbocycles. The van der Waals surface area contributed by atoms with Crippen LogP contribution in [0.2, 0.25) is 0 Å². The SMILES string of the molecule is CC(C)n1c(CCCc2ccccc2)ccc1C(=O)Nc1cc(CC#N)ccc1C(F)(F)F. The number of hydrogen-bond donors (Lipinski definition) is 1. The van der Waals surface area contributed by atoms with Crippen molar-refractivity contribution in [1.82, 2.24) is 4.57 Å². The van der Waals surface area contributed by atoms with Gasteiger partial charge in [0.25, 0.3) is 5.91 Å². The number of amides is 1. The van der Waals surface area contributed by atoms with E-state index in [1.165, 1.54) is 17.7 Å². The van der Waals surface area contributed by atoms with Gasteiger partial charge in [0, 0.05) is 11.7 Å². The highest BCUT2D eigenvalue weighted by atomic mass is 19.4. The van der Waals surface area contributed by atoms with Gasteiger partial charge in [0.2, 0.25) is 0 Å². The Bertz CT molecular complexity index is 1140. The van der Waals surface area contributed by atoms with Crippen LogP contribution in [0.5, 0.6) is 0 Å². The Morgan fingerprint density at radius 3 is 2.39 bits per heavy atom. The average molecular weight is 454 g/mol. The summed E-state index contributed by atoms with van der Waals surface area (Å²) in [6.45, 7) is 3.87. The molecular formula is C26H26F3N3O. The van der Waals surface area contributed by atoms with Crippen molar-refractivity contribution in [2.24, 2.45) is 0 Å². The summed E-state index contributed by atoms with van der Waals surface area (Å²) in [5, 5.41) is 11.3. The fourth-order valence-electron chi connectivity index (χ4n) is 3.94. The molecule has 1 heterocycles. The Morgan fingerprint density at radius 2 is 1.76 bits per heavy atom. The maximum Gasteiger partial charge on any atom is 0.418 e. The van der Waals surface area contributed by atoms with Gasteiger partial charge in [-0.2, -0.15) is 18.4 Å². The number of nitrogens with zero attached hydrogens (tertiary/aromatic N) is 2. The van der Waals surface area contributed by atoms with E-state index in [1.807, 2.05) is 48.7 Å². The summed E-state index contributed by atoms with van der Waals surface area (Å²) in [7, 11) is 0. The fourth-order valence-corrected chi connectivity index (χ4v) is 3.94. The Hall–Kier alpha value is -3.53. The zero-order valence-electron chi connectivity index (χ0n) is 18.6. The molecule has 0 fully saturated rings. The number of aromatic nitrogens is 1. The number of halogens is 3. The minimum Gasteiger partial charge on any atom is -0.338 e. The maximum absolute atomic E-state index is 13.5. The highest BCUT2D eigenvalue weighted by Crippen LogP contribution is 2.36. The number of nitrogens with one attached hydrogen (secondary N) is 1. The molecule has 0 aliphatic heterocycles. The number of alkyl halides is 3. The van der Waals surface area contributed by atoms with Crippen molar-refractivity contribution in [2.45, 2.75) is 51.7 Å². The van der Waals surface area contributed by atoms with Gasteiger partial charge in [0.15, 0.2) is 0 Å². The van der Waals surface area contributed by atoms with Crippen molar-refractivity contribution in [2.75, 3.05) is 5.32 Å². The molecule has 33 heavy (non-hydrogen) atoms. The van der Waals surface area contributed by atoms with Crippen LogP contribution in [-0.4, -0.2) is 10.5 Å². The summed E-state index contributed by atoms with van der Waals surface area (Å²) in [5.74, 6) is -0.613. The van der Waals surface area contributed by atoms with Crippen LogP contribution in [0.3, 0.4) is 0 Å². The minimum absolute atomic E-state index is 0.0421. The van der Waals surface area contributed by atoms with Gasteiger partial charge < -0.3 is 9.88 Å². The molecular weight excluding hydrogens is 427 g/mol. The first kappa shape index (κ1) is 24.1. The molecule has 0 bridgehead atoms. The fraction of sp³-hybridized carbons (Fsp3) is 0.308. The lowest BCUT2D eigenvalue weighted by Gasteiger charge is -2.19. The minimum atomic E-state index is -4.63. The van der Waals surface area contributed by atoms with Crippen LogP contribution in [0.25, 0.3) is 0 Å². The van der Waals surface area contributed by atoms with Gasteiger partial charge in [0.05, 0.1) is 23.7 Å². The third-order valence-electron chi connectivity index (χ3n) is 5.41. The summed E-state index contributed by atoms with van der Waals surface area (Å²) in [6.07, 6.45) is -2.15. The molecule has 0 atom stereocenters. The molecule has 0 unspecified atom stereocenters. The second-order valence-electron chi connectivity index (χ2n) is 8.18. The average Bonchev–Trinajstić information content (AvgIpc) is 3.18. The number of nitriles is 1. The normalized spacial score (nSPS) is 11.4. The van der Waals surface area contributed by atoms with E-state index in [4.69, 9.17) is 5.26 Å². The molecule has 3 aromatic rings. The van der Waals surface area contributed by atoms with Gasteiger partial charge in [-0.3, -0.25) is 4.79 Å². The standard InChI is InChI=1S/C26H26F3N3O/c1-18(2)32-21(10-6-9-19-7-4-3-5-8-19)12-14-24(32)25(33)31-23-17-20(15-16-30)11-13-22(23)26(27,28)29/h3-5,7-8,11-14,17-18H,6,9-10,15H2,1-2H3,(H,31,33). The molecule has 1 aromatic heterocycles. The van der Waals surface area contributed by atoms with Crippen molar-refractivity contribution in [3.8, 4) is 6.07 Å². The van der Waals surface area contributed by atoms with Gasteiger partial charge >= 0.3 is 6.18 Å². The van der Waals surface area contributed by atoms with Crippen molar-refractivity contribution in [3.05, 3.63) is 88.7 Å². The van der Waals surface area contributed by atoms with E-state index in [1.54, 1.807) is 6.07 Å². The van der Waals surface area contributed by atoms with Gasteiger partial charge in [0.1, 0.15) is 5.69 Å². The molecule has 1 N–H and O–H groups in total. The predicted molar refractivity (Wildman–Crippen MR) is 122 cm³/mol. The van der Waals surface area contributed by atoms with Crippen molar-refractivity contribution in [3.63, 3.8) is 0 Å². The van der Waals surface area contributed by atoms with Crippen LogP contribution in [-0.2, 0) is 25.4 Å². The first-order chi connectivity index (χ1) is 15.7. The van der Waals surface area contributed by atoms with E-state index in [-0.39, 0.29) is 18.2 Å². The van der Waals surface area contributed by atoms with Crippen LogP contribution in [0.1, 0.15) is 59.2 Å². The topological polar surface area (TPSA) is 57.8 Å². The Labute approximate surface area is 191 Å². The van der Waals surface area contributed by atoms with Gasteiger partial charge in [-0.15, -0.1) is 0 Å². The Morgan fingerprint density at radius 1 is 1.03 bits per heavy atom. The van der Waals surface area contributed by atoms with E-state index >= 15 is 0 Å². The lowest BCUT2D eigenvalue weighted by Crippen LogP contribution is -2.21. The first-order valence-corrected chi connectivity index (χ1v) is 10.8. The summed E-state index contributed by atoms with van der Waals surface area (Å²) < 4.78 is 42.3. The van der Waals surface area contributed by atoms with Crippen molar-refractivity contribution in [1.29, 1.82) is 5.26 Å². The van der Waals surface area contributed by atoms with Crippen LogP contribution < -0.4 is 5.32 Å². The number of carbonyl (C=O) groups is 1. The molecule has 0 radical (unpaired) electrons. The summed E-state index contributed by atoms with van der Waals surface area (Å²) in [6, 6.07) is 18.9. The summed E-state index contributed by atoms with van der Waals surface area (Å²) in [5.41, 5.74) is 1.61. The molecule has 7 heteroatoms. The zero-order valence-corrected chi connectivity index (χ0v) is 18.6. The summed E-state index contributed by atoms with van der Waals surface area (Å²) in [4.78, 5) is 13.0. The molecule has 0 saturated heterocycles. The highest BCUT2D eigenvalue weighted by Gasteiger charge is 2.34. The lowest BCUT2D eigenvalue weighted by molar-refractivity contribution is -0.136. The third kappa shape index (κ3) is 6.04. The van der Waals surface area contributed by atoms with Crippen LogP contribution >= 0.6 is 0 Å². The monoisotopic (exact) mass is 453 g/mol. The molecule has 3 rings (SSSR count). The van der Waals surface area contributed by atoms with Gasteiger partial charge in [-0.25, -0.2) is 0 Å². The quantitative estimate of drug-likeness (QED) is 0.419. The second-order valence-corrected chi connectivity index (χ2v) is 8.18. The summed E-state index contributed by atoms with van der Waals surface area (Å²) >= 11 is 0. The molecule has 172 valence electrons. The van der Waals surface area contributed by atoms with E-state index in [0.717, 1.165) is 31.0 Å². The number of anilines is 1. The molecule has 2 aromatic carbocycles. The van der Waals surface area contributed by atoms with E-state index < -0.39 is 17.6 Å². The molecule has 0 aliphatic rings. The molecule has 0 spiro atoms. The zero-order chi connectivity index (χ0) is 24.0. The van der Waals surface area contributed by atoms with Crippen LogP contribution in [0.4, 0.5) is 18.9 Å². The predicted octanol–water partition coefficient (Wildman–Crippen LogP) is 6.58. The number of aryl methyl sites for hydroxylation is 2. The molecule has 1 amide bonds. The Balaban J connectivity index is 1.83. The second kappa shape index (κ2) is 10.4. The van der Waals surface area contributed by atoms with Crippen LogP contribution in [0, 0.1) is 11.3 Å². The smallest absolute Gasteiger partial charge is 0.338 e. The maximum atomic E-state index is 13.5.